The van der Waals surface area contributed by atoms with Gasteiger partial charge in [0.05, 0.1) is 0 Å². The molecule has 0 aliphatic rings. The van der Waals surface area contributed by atoms with Gasteiger partial charge in [-0.15, -0.1) is 0 Å². The number of carbonyl (C=O) groups is 2. The van der Waals surface area contributed by atoms with Gasteiger partial charge in [0.25, 0.3) is 0 Å². The molecule has 0 amide bonds. The smallest absolute Gasteiger partial charge is 0.142 e. The highest BCUT2D eigenvalue weighted by molar-refractivity contribution is 5.81. The molecule has 0 spiro atoms. The van der Waals surface area contributed by atoms with Crippen molar-refractivity contribution in [3.8, 4) is 0 Å². The maximum Gasteiger partial charge on any atom is 0.142 e. The molecule has 2 heteroatoms. The van der Waals surface area contributed by atoms with Gasteiger partial charge in [-0.3, -0.25) is 9.59 Å². The minimum atomic E-state index is 0.240. The summed E-state index contributed by atoms with van der Waals surface area (Å²) in [6.45, 7) is 3.92. The number of unbranched alkanes of at least 4 members (excludes halogenated alkanes) is 2. The SMILES string of the molecule is CCCCCC(=O)CC(C)=CC=O. The van der Waals surface area contributed by atoms with Crippen LogP contribution in [0.15, 0.2) is 11.6 Å². The Morgan fingerprint density at radius 2 is 2.00 bits per heavy atom. The van der Waals surface area contributed by atoms with Crippen LogP contribution in [0.2, 0.25) is 0 Å². The van der Waals surface area contributed by atoms with Crippen LogP contribution in [-0.2, 0) is 9.59 Å². The van der Waals surface area contributed by atoms with Crippen molar-refractivity contribution in [3.63, 3.8) is 0 Å². The first-order valence-corrected chi connectivity index (χ1v) is 4.83. The van der Waals surface area contributed by atoms with E-state index < -0.39 is 0 Å². The fraction of sp³-hybridized carbons (Fsp3) is 0.636. The predicted molar refractivity (Wildman–Crippen MR) is 53.6 cm³/mol. The van der Waals surface area contributed by atoms with E-state index in [1.54, 1.807) is 0 Å². The van der Waals surface area contributed by atoms with Gasteiger partial charge in [0.1, 0.15) is 12.1 Å². The number of carbonyl (C=O) groups excluding carboxylic acids is 2. The van der Waals surface area contributed by atoms with E-state index in [1.807, 2.05) is 6.92 Å². The number of hydrogen-bond donors (Lipinski definition) is 0. The summed E-state index contributed by atoms with van der Waals surface area (Å²) in [5.41, 5.74) is 0.858. The van der Waals surface area contributed by atoms with Gasteiger partial charge in [-0.25, -0.2) is 0 Å². The highest BCUT2D eigenvalue weighted by Crippen LogP contribution is 2.06. The summed E-state index contributed by atoms with van der Waals surface area (Å²) in [6.07, 6.45) is 6.50. The number of aldehydes is 1. The second-order valence-corrected chi connectivity index (χ2v) is 3.32. The van der Waals surface area contributed by atoms with Crippen molar-refractivity contribution in [2.75, 3.05) is 0 Å². The van der Waals surface area contributed by atoms with Crippen LogP contribution in [0.3, 0.4) is 0 Å². The zero-order valence-corrected chi connectivity index (χ0v) is 8.51. The quantitative estimate of drug-likeness (QED) is 0.344. The Hall–Kier alpha value is -0.920. The average Bonchev–Trinajstić information content (AvgIpc) is 2.05. The van der Waals surface area contributed by atoms with Crippen LogP contribution in [0.4, 0.5) is 0 Å². The van der Waals surface area contributed by atoms with Crippen LogP contribution >= 0.6 is 0 Å². The third-order valence-corrected chi connectivity index (χ3v) is 1.89. The second-order valence-electron chi connectivity index (χ2n) is 3.32. The van der Waals surface area contributed by atoms with Gasteiger partial charge in [-0.1, -0.05) is 25.3 Å². The van der Waals surface area contributed by atoms with Crippen LogP contribution in [-0.4, -0.2) is 12.1 Å². The number of Topliss-reactive ketones (excluding diaryl/α,β-unsaturated/α-hetero) is 1. The Bertz CT molecular complexity index is 192. The normalized spacial score (nSPS) is 11.4. The van der Waals surface area contributed by atoms with Crippen molar-refractivity contribution in [3.05, 3.63) is 11.6 Å². The summed E-state index contributed by atoms with van der Waals surface area (Å²) < 4.78 is 0. The molecule has 2 nitrogen and oxygen atoms in total. The topological polar surface area (TPSA) is 34.1 Å². The van der Waals surface area contributed by atoms with Crippen LogP contribution in [0.1, 0.15) is 46.0 Å². The molecular formula is C11H18O2. The highest BCUT2D eigenvalue weighted by Gasteiger charge is 2.01. The number of rotatable bonds is 7. The molecule has 0 saturated heterocycles. The predicted octanol–water partition coefficient (Wildman–Crippen LogP) is 2.67. The van der Waals surface area contributed by atoms with Gasteiger partial charge < -0.3 is 0 Å². The monoisotopic (exact) mass is 182 g/mol. The molecular weight excluding hydrogens is 164 g/mol. The molecule has 0 aliphatic carbocycles. The zero-order chi connectivity index (χ0) is 10.1. The Kier molecular flexibility index (Phi) is 7.17. The van der Waals surface area contributed by atoms with Gasteiger partial charge in [-0.05, 0) is 19.4 Å². The van der Waals surface area contributed by atoms with Crippen molar-refractivity contribution < 1.29 is 9.59 Å². The van der Waals surface area contributed by atoms with Gasteiger partial charge >= 0.3 is 0 Å². The van der Waals surface area contributed by atoms with Crippen LogP contribution in [0, 0.1) is 0 Å². The molecule has 0 heterocycles. The third-order valence-electron chi connectivity index (χ3n) is 1.89. The fourth-order valence-electron chi connectivity index (χ4n) is 1.15. The Labute approximate surface area is 80.0 Å². The lowest BCUT2D eigenvalue weighted by Gasteiger charge is -1.99. The largest absolute Gasteiger partial charge is 0.299 e. The summed E-state index contributed by atoms with van der Waals surface area (Å²) in [7, 11) is 0. The van der Waals surface area contributed by atoms with E-state index in [4.69, 9.17) is 0 Å². The molecule has 0 aliphatic heterocycles. The first-order chi connectivity index (χ1) is 6.20. The van der Waals surface area contributed by atoms with Crippen molar-refractivity contribution >= 4 is 12.1 Å². The maximum atomic E-state index is 11.2. The lowest BCUT2D eigenvalue weighted by molar-refractivity contribution is -0.118. The zero-order valence-electron chi connectivity index (χ0n) is 8.51. The van der Waals surface area contributed by atoms with Crippen LogP contribution < -0.4 is 0 Å². The molecule has 0 aromatic carbocycles. The molecule has 0 unspecified atom stereocenters. The van der Waals surface area contributed by atoms with Gasteiger partial charge in [-0.2, -0.15) is 0 Å². The van der Waals surface area contributed by atoms with E-state index in [1.165, 1.54) is 6.08 Å². The molecule has 0 aromatic rings. The van der Waals surface area contributed by atoms with Crippen molar-refractivity contribution in [2.45, 2.75) is 46.0 Å². The number of ketones is 1. The first kappa shape index (κ1) is 12.1. The standard InChI is InChI=1S/C11H18O2/c1-3-4-5-6-11(13)9-10(2)7-8-12/h7-8H,3-6,9H2,1-2H3. The highest BCUT2D eigenvalue weighted by atomic mass is 16.1. The summed E-state index contributed by atoms with van der Waals surface area (Å²) in [4.78, 5) is 21.3. The van der Waals surface area contributed by atoms with E-state index in [9.17, 15) is 9.59 Å². The van der Waals surface area contributed by atoms with Crippen LogP contribution in [0.25, 0.3) is 0 Å². The molecule has 0 N–H and O–H groups in total. The van der Waals surface area contributed by atoms with E-state index in [0.29, 0.717) is 12.8 Å². The summed E-state index contributed by atoms with van der Waals surface area (Å²) in [5.74, 6) is 0.240. The molecule has 0 fully saturated rings. The number of allylic oxidation sites excluding steroid dienone is 2. The molecule has 74 valence electrons. The van der Waals surface area contributed by atoms with Crippen LogP contribution in [0.5, 0.6) is 0 Å². The summed E-state index contributed by atoms with van der Waals surface area (Å²) in [6, 6.07) is 0. The second kappa shape index (κ2) is 7.71. The molecule has 0 saturated carbocycles. The maximum absolute atomic E-state index is 11.2. The van der Waals surface area contributed by atoms with E-state index in [2.05, 4.69) is 6.92 Å². The molecule has 0 aromatic heterocycles. The molecule has 0 rings (SSSR count). The Balaban J connectivity index is 3.61. The molecule has 0 bridgehead atoms. The first-order valence-electron chi connectivity index (χ1n) is 4.83. The minimum Gasteiger partial charge on any atom is -0.299 e. The lowest BCUT2D eigenvalue weighted by atomic mass is 10.1. The van der Waals surface area contributed by atoms with Gasteiger partial charge in [0, 0.05) is 12.8 Å². The van der Waals surface area contributed by atoms with Crippen molar-refractivity contribution in [1.82, 2.24) is 0 Å². The third kappa shape index (κ3) is 7.44. The average molecular weight is 182 g/mol. The Morgan fingerprint density at radius 1 is 1.31 bits per heavy atom. The molecule has 0 atom stereocenters. The lowest BCUT2D eigenvalue weighted by Crippen LogP contribution is -1.98. The minimum absolute atomic E-state index is 0.240. The van der Waals surface area contributed by atoms with E-state index in [0.717, 1.165) is 31.1 Å². The van der Waals surface area contributed by atoms with E-state index in [-0.39, 0.29) is 5.78 Å². The van der Waals surface area contributed by atoms with E-state index >= 15 is 0 Å². The summed E-state index contributed by atoms with van der Waals surface area (Å²) in [5, 5.41) is 0. The van der Waals surface area contributed by atoms with Crippen molar-refractivity contribution in [1.29, 1.82) is 0 Å². The van der Waals surface area contributed by atoms with Gasteiger partial charge in [0.2, 0.25) is 0 Å². The Morgan fingerprint density at radius 3 is 2.54 bits per heavy atom. The molecule has 13 heavy (non-hydrogen) atoms. The van der Waals surface area contributed by atoms with Crippen molar-refractivity contribution in [2.24, 2.45) is 0 Å². The summed E-state index contributed by atoms with van der Waals surface area (Å²) >= 11 is 0. The fourth-order valence-corrected chi connectivity index (χ4v) is 1.15. The van der Waals surface area contributed by atoms with Gasteiger partial charge in [0.15, 0.2) is 0 Å². The number of hydrogen-bond acceptors (Lipinski definition) is 2. The molecule has 0 radical (unpaired) electrons.